The van der Waals surface area contributed by atoms with Gasteiger partial charge in [-0.1, -0.05) is 31.4 Å². The van der Waals surface area contributed by atoms with E-state index in [9.17, 15) is 5.11 Å². The lowest BCUT2D eigenvalue weighted by molar-refractivity contribution is -0.0455. The molecule has 4 atom stereocenters. The monoisotopic (exact) mass is 331 g/mol. The molecule has 0 amide bonds. The minimum atomic E-state index is -0.461. The zero-order chi connectivity index (χ0) is 15.2. The van der Waals surface area contributed by atoms with Crippen molar-refractivity contribution in [3.8, 4) is 0 Å². The lowest BCUT2D eigenvalue weighted by atomic mass is 9.88. The molecule has 0 spiro atoms. The molecule has 0 aliphatic heterocycles. The van der Waals surface area contributed by atoms with Crippen LogP contribution in [-0.2, 0) is 4.74 Å². The number of aliphatic hydroxyl groups is 1. The van der Waals surface area contributed by atoms with Gasteiger partial charge in [0.1, 0.15) is 0 Å². The van der Waals surface area contributed by atoms with E-state index in [-0.39, 0.29) is 6.04 Å². The standard InChI is InChI=1S/C16H26ClNO2S/c1-11-5-3-4-6-14(11)20-10-13(19)9-18-12(2)15-7-8-16(17)21-15/h7-8,11-14,18-19H,3-6,9-10H2,1-2H3. The highest BCUT2D eigenvalue weighted by molar-refractivity contribution is 7.16. The molecular formula is C16H26ClNO2S. The van der Waals surface area contributed by atoms with Gasteiger partial charge in [-0.15, -0.1) is 11.3 Å². The van der Waals surface area contributed by atoms with Gasteiger partial charge in [-0.2, -0.15) is 0 Å². The number of hydrogen-bond donors (Lipinski definition) is 2. The van der Waals surface area contributed by atoms with E-state index in [4.69, 9.17) is 16.3 Å². The summed E-state index contributed by atoms with van der Waals surface area (Å²) in [4.78, 5) is 1.19. The molecule has 1 aliphatic carbocycles. The average molecular weight is 332 g/mol. The zero-order valence-corrected chi connectivity index (χ0v) is 14.4. The second-order valence-electron chi connectivity index (χ2n) is 6.06. The predicted molar refractivity (Wildman–Crippen MR) is 89.1 cm³/mol. The fraction of sp³-hybridized carbons (Fsp3) is 0.750. The molecule has 4 unspecified atom stereocenters. The number of halogens is 1. The van der Waals surface area contributed by atoms with Crippen LogP contribution in [0.4, 0.5) is 0 Å². The number of hydrogen-bond acceptors (Lipinski definition) is 4. The first-order chi connectivity index (χ1) is 10.1. The molecule has 2 rings (SSSR count). The maximum absolute atomic E-state index is 10.1. The minimum Gasteiger partial charge on any atom is -0.389 e. The molecule has 1 aromatic heterocycles. The van der Waals surface area contributed by atoms with Crippen LogP contribution in [0.5, 0.6) is 0 Å². The maximum Gasteiger partial charge on any atom is 0.0931 e. The van der Waals surface area contributed by atoms with E-state index in [2.05, 4.69) is 19.2 Å². The van der Waals surface area contributed by atoms with Gasteiger partial charge < -0.3 is 15.2 Å². The Morgan fingerprint density at radius 1 is 1.43 bits per heavy atom. The van der Waals surface area contributed by atoms with Gasteiger partial charge in [-0.3, -0.25) is 0 Å². The average Bonchev–Trinajstić information content (AvgIpc) is 2.90. The van der Waals surface area contributed by atoms with Crippen LogP contribution in [0.1, 0.15) is 50.4 Å². The molecule has 0 saturated heterocycles. The summed E-state index contributed by atoms with van der Waals surface area (Å²) >= 11 is 7.51. The lowest BCUT2D eigenvalue weighted by Crippen LogP contribution is -2.35. The lowest BCUT2D eigenvalue weighted by Gasteiger charge is -2.29. The van der Waals surface area contributed by atoms with E-state index >= 15 is 0 Å². The van der Waals surface area contributed by atoms with Gasteiger partial charge in [-0.25, -0.2) is 0 Å². The molecule has 1 saturated carbocycles. The van der Waals surface area contributed by atoms with Crippen molar-refractivity contribution in [2.45, 2.75) is 57.8 Å². The Morgan fingerprint density at radius 3 is 2.86 bits per heavy atom. The van der Waals surface area contributed by atoms with Crippen molar-refractivity contribution in [2.75, 3.05) is 13.2 Å². The van der Waals surface area contributed by atoms with E-state index in [0.717, 1.165) is 10.8 Å². The van der Waals surface area contributed by atoms with Crippen LogP contribution in [0.3, 0.4) is 0 Å². The van der Waals surface area contributed by atoms with Crippen molar-refractivity contribution in [1.29, 1.82) is 0 Å². The van der Waals surface area contributed by atoms with Crippen LogP contribution in [0.25, 0.3) is 0 Å². The predicted octanol–water partition coefficient (Wildman–Crippen LogP) is 4.01. The first-order valence-electron chi connectivity index (χ1n) is 7.84. The first-order valence-corrected chi connectivity index (χ1v) is 9.04. The second-order valence-corrected chi connectivity index (χ2v) is 7.81. The third-order valence-corrected chi connectivity index (χ3v) is 5.63. The van der Waals surface area contributed by atoms with Crippen LogP contribution < -0.4 is 5.32 Å². The normalized spacial score (nSPS) is 25.7. The van der Waals surface area contributed by atoms with Crippen LogP contribution in [0.2, 0.25) is 4.34 Å². The van der Waals surface area contributed by atoms with Crippen molar-refractivity contribution in [3.05, 3.63) is 21.3 Å². The summed E-state index contributed by atoms with van der Waals surface area (Å²) in [5.74, 6) is 0.617. The highest BCUT2D eigenvalue weighted by atomic mass is 35.5. The van der Waals surface area contributed by atoms with E-state index in [1.54, 1.807) is 11.3 Å². The second kappa shape index (κ2) is 8.49. The van der Waals surface area contributed by atoms with E-state index in [0.29, 0.717) is 25.2 Å². The van der Waals surface area contributed by atoms with Crippen LogP contribution in [-0.4, -0.2) is 30.5 Å². The summed E-state index contributed by atoms with van der Waals surface area (Å²) in [6, 6.07) is 4.13. The molecule has 1 aliphatic rings. The fourth-order valence-electron chi connectivity index (χ4n) is 2.80. The first kappa shape index (κ1) is 17.2. The van der Waals surface area contributed by atoms with Crippen molar-refractivity contribution in [3.63, 3.8) is 0 Å². The SMILES string of the molecule is CC(NCC(O)COC1CCCCC1C)c1ccc(Cl)s1. The number of nitrogens with one attached hydrogen (secondary N) is 1. The van der Waals surface area contributed by atoms with E-state index in [1.807, 2.05) is 12.1 Å². The summed E-state index contributed by atoms with van der Waals surface area (Å²) in [7, 11) is 0. The summed E-state index contributed by atoms with van der Waals surface area (Å²) in [5, 5.41) is 13.4. The maximum atomic E-state index is 10.1. The summed E-state index contributed by atoms with van der Waals surface area (Å²) in [6.07, 6.45) is 4.80. The topological polar surface area (TPSA) is 41.5 Å². The Kier molecular flexibility index (Phi) is 6.96. The van der Waals surface area contributed by atoms with Gasteiger partial charge in [0, 0.05) is 17.5 Å². The molecule has 21 heavy (non-hydrogen) atoms. The molecule has 1 aromatic rings. The highest BCUT2D eigenvalue weighted by Gasteiger charge is 2.22. The molecule has 1 fully saturated rings. The molecule has 0 aromatic carbocycles. The number of thiophene rings is 1. The van der Waals surface area contributed by atoms with Crippen LogP contribution in [0, 0.1) is 5.92 Å². The molecule has 120 valence electrons. The van der Waals surface area contributed by atoms with Crippen LogP contribution in [0.15, 0.2) is 12.1 Å². The van der Waals surface area contributed by atoms with Crippen molar-refractivity contribution < 1.29 is 9.84 Å². The largest absolute Gasteiger partial charge is 0.389 e. The Balaban J connectivity index is 1.66. The van der Waals surface area contributed by atoms with Crippen LogP contribution >= 0.6 is 22.9 Å². The van der Waals surface area contributed by atoms with Crippen molar-refractivity contribution in [1.82, 2.24) is 5.32 Å². The zero-order valence-electron chi connectivity index (χ0n) is 12.8. The number of rotatable bonds is 7. The molecular weight excluding hydrogens is 306 g/mol. The van der Waals surface area contributed by atoms with Gasteiger partial charge in [0.05, 0.1) is 23.2 Å². The van der Waals surface area contributed by atoms with Gasteiger partial charge in [-0.05, 0) is 37.8 Å². The third kappa shape index (κ3) is 5.53. The Bertz CT molecular complexity index is 426. The minimum absolute atomic E-state index is 0.200. The summed E-state index contributed by atoms with van der Waals surface area (Å²) < 4.78 is 6.69. The van der Waals surface area contributed by atoms with Gasteiger partial charge in [0.15, 0.2) is 0 Å². The Morgan fingerprint density at radius 2 is 2.19 bits per heavy atom. The molecule has 5 heteroatoms. The number of aliphatic hydroxyl groups excluding tert-OH is 1. The molecule has 2 N–H and O–H groups in total. The van der Waals surface area contributed by atoms with E-state index < -0.39 is 6.10 Å². The Hall–Kier alpha value is -0.130. The molecule has 0 radical (unpaired) electrons. The number of ether oxygens (including phenoxy) is 1. The molecule has 1 heterocycles. The third-order valence-electron chi connectivity index (χ3n) is 4.22. The van der Waals surface area contributed by atoms with E-state index in [1.165, 1.54) is 24.1 Å². The smallest absolute Gasteiger partial charge is 0.0931 e. The Labute approximate surface area is 136 Å². The van der Waals surface area contributed by atoms with Crippen molar-refractivity contribution in [2.24, 2.45) is 5.92 Å². The van der Waals surface area contributed by atoms with Gasteiger partial charge in [0.25, 0.3) is 0 Å². The molecule has 0 bridgehead atoms. The van der Waals surface area contributed by atoms with Gasteiger partial charge in [0.2, 0.25) is 0 Å². The van der Waals surface area contributed by atoms with Gasteiger partial charge >= 0.3 is 0 Å². The fourth-order valence-corrected chi connectivity index (χ4v) is 3.89. The summed E-state index contributed by atoms with van der Waals surface area (Å²) in [6.45, 7) is 5.29. The van der Waals surface area contributed by atoms with Crippen molar-refractivity contribution >= 4 is 22.9 Å². The quantitative estimate of drug-likeness (QED) is 0.793. The summed E-state index contributed by atoms with van der Waals surface area (Å²) in [5.41, 5.74) is 0. The highest BCUT2D eigenvalue weighted by Crippen LogP contribution is 2.27. The molecule has 3 nitrogen and oxygen atoms in total.